The Morgan fingerprint density at radius 3 is 2.76 bits per heavy atom. The van der Waals surface area contributed by atoms with E-state index in [1.54, 1.807) is 0 Å². The lowest BCUT2D eigenvalue weighted by Crippen LogP contribution is -2.36. The molecule has 1 aromatic rings. The minimum atomic E-state index is 0.377. The molecule has 120 valence electrons. The fourth-order valence-electron chi connectivity index (χ4n) is 2.44. The summed E-state index contributed by atoms with van der Waals surface area (Å²) in [6.45, 7) is 9.96. The first-order valence-corrected chi connectivity index (χ1v) is 10.0. The van der Waals surface area contributed by atoms with Crippen molar-refractivity contribution in [3.63, 3.8) is 0 Å². The summed E-state index contributed by atoms with van der Waals surface area (Å²) < 4.78 is 5.50. The van der Waals surface area contributed by atoms with Crippen molar-refractivity contribution in [2.75, 3.05) is 18.1 Å². The first kappa shape index (κ1) is 17.2. The van der Waals surface area contributed by atoms with Gasteiger partial charge in [0.25, 0.3) is 0 Å². The van der Waals surface area contributed by atoms with E-state index in [1.165, 1.54) is 11.5 Å². The van der Waals surface area contributed by atoms with Crippen LogP contribution in [0.1, 0.15) is 51.1 Å². The van der Waals surface area contributed by atoms with E-state index in [9.17, 15) is 0 Å². The van der Waals surface area contributed by atoms with Gasteiger partial charge in [-0.05, 0) is 18.9 Å². The fraction of sp³-hybridized carbons (Fsp3) is 0.867. The van der Waals surface area contributed by atoms with E-state index < -0.39 is 0 Å². The molecule has 2 rings (SSSR count). The molecule has 1 N–H and O–H groups in total. The molecule has 1 aromatic heterocycles. The van der Waals surface area contributed by atoms with Crippen LogP contribution < -0.4 is 5.32 Å². The summed E-state index contributed by atoms with van der Waals surface area (Å²) in [6, 6.07) is 0.407. The predicted octanol–water partition coefficient (Wildman–Crippen LogP) is 3.55. The van der Waals surface area contributed by atoms with E-state index in [1.807, 2.05) is 23.5 Å². The number of hydrogen-bond acceptors (Lipinski definition) is 6. The van der Waals surface area contributed by atoms with Crippen molar-refractivity contribution in [1.29, 1.82) is 0 Å². The Kier molecular flexibility index (Phi) is 6.89. The summed E-state index contributed by atoms with van der Waals surface area (Å²) in [6.07, 6.45) is 1.97. The monoisotopic (exact) mass is 329 g/mol. The molecule has 3 atom stereocenters. The molecule has 3 unspecified atom stereocenters. The molecule has 0 aliphatic carbocycles. The zero-order valence-corrected chi connectivity index (χ0v) is 15.1. The zero-order chi connectivity index (χ0) is 15.2. The first-order chi connectivity index (χ1) is 10.1. The molecule has 0 amide bonds. The van der Waals surface area contributed by atoms with Crippen molar-refractivity contribution < 1.29 is 4.52 Å². The molecule has 0 saturated carbocycles. The quantitative estimate of drug-likeness (QED) is 0.825. The molecule has 21 heavy (non-hydrogen) atoms. The van der Waals surface area contributed by atoms with Crippen LogP contribution in [0.4, 0.5) is 0 Å². The Bertz CT molecular complexity index is 425. The SMILES string of the molecule is CCCNC(Cc1nc(C2SCCSC2C)no1)C(C)C. The lowest BCUT2D eigenvalue weighted by atomic mass is 10.0. The highest BCUT2D eigenvalue weighted by Crippen LogP contribution is 2.41. The van der Waals surface area contributed by atoms with Crippen LogP contribution in [0.25, 0.3) is 0 Å². The number of hydrogen-bond donors (Lipinski definition) is 1. The highest BCUT2D eigenvalue weighted by Gasteiger charge is 2.29. The van der Waals surface area contributed by atoms with Crippen LogP contribution in [0.2, 0.25) is 0 Å². The van der Waals surface area contributed by atoms with E-state index in [-0.39, 0.29) is 0 Å². The van der Waals surface area contributed by atoms with Gasteiger partial charge >= 0.3 is 0 Å². The molecule has 4 nitrogen and oxygen atoms in total. The van der Waals surface area contributed by atoms with Gasteiger partial charge in [0.05, 0.1) is 5.25 Å². The van der Waals surface area contributed by atoms with Crippen molar-refractivity contribution in [3.8, 4) is 0 Å². The third-order valence-electron chi connectivity index (χ3n) is 3.78. The topological polar surface area (TPSA) is 51.0 Å². The zero-order valence-electron chi connectivity index (χ0n) is 13.5. The number of thioether (sulfide) groups is 2. The van der Waals surface area contributed by atoms with E-state index in [2.05, 4.69) is 43.2 Å². The van der Waals surface area contributed by atoms with Crippen LogP contribution in [0.3, 0.4) is 0 Å². The Morgan fingerprint density at radius 2 is 2.10 bits per heavy atom. The lowest BCUT2D eigenvalue weighted by molar-refractivity contribution is 0.324. The number of nitrogens with one attached hydrogen (secondary N) is 1. The highest BCUT2D eigenvalue weighted by atomic mass is 32.2. The summed E-state index contributed by atoms with van der Waals surface area (Å²) in [4.78, 5) is 4.66. The molecule has 1 fully saturated rings. The van der Waals surface area contributed by atoms with Crippen LogP contribution in [-0.2, 0) is 6.42 Å². The lowest BCUT2D eigenvalue weighted by Gasteiger charge is -2.24. The molecule has 0 radical (unpaired) electrons. The minimum absolute atomic E-state index is 0.377. The summed E-state index contributed by atoms with van der Waals surface area (Å²) >= 11 is 3.96. The Labute approximate surface area is 136 Å². The molecule has 6 heteroatoms. The molecule has 2 heterocycles. The second kappa shape index (κ2) is 8.44. The second-order valence-electron chi connectivity index (χ2n) is 5.92. The average molecular weight is 330 g/mol. The smallest absolute Gasteiger partial charge is 0.228 e. The van der Waals surface area contributed by atoms with Crippen molar-refractivity contribution in [1.82, 2.24) is 15.5 Å². The van der Waals surface area contributed by atoms with Gasteiger partial charge in [-0.3, -0.25) is 0 Å². The summed E-state index contributed by atoms with van der Waals surface area (Å²) in [7, 11) is 0. The maximum absolute atomic E-state index is 5.50. The summed E-state index contributed by atoms with van der Waals surface area (Å²) in [5.74, 6) is 4.62. The van der Waals surface area contributed by atoms with Crippen LogP contribution in [0.15, 0.2) is 4.52 Å². The van der Waals surface area contributed by atoms with Gasteiger partial charge in [-0.25, -0.2) is 0 Å². The maximum Gasteiger partial charge on any atom is 0.228 e. The standard InChI is InChI=1S/C15H27N3OS2/c1-5-6-16-12(10(2)3)9-13-17-15(18-19-13)14-11(4)20-7-8-21-14/h10-12,14,16H,5-9H2,1-4H3. The number of aromatic nitrogens is 2. The van der Waals surface area contributed by atoms with Gasteiger partial charge in [0.15, 0.2) is 5.82 Å². The molecule has 0 bridgehead atoms. The first-order valence-electron chi connectivity index (χ1n) is 7.90. The van der Waals surface area contributed by atoms with Crippen LogP contribution in [0, 0.1) is 5.92 Å². The van der Waals surface area contributed by atoms with Crippen LogP contribution >= 0.6 is 23.5 Å². The van der Waals surface area contributed by atoms with Gasteiger partial charge in [-0.15, -0.1) is 11.8 Å². The van der Waals surface area contributed by atoms with Crippen LogP contribution in [-0.4, -0.2) is 39.5 Å². The third-order valence-corrected chi connectivity index (χ3v) is 6.87. The fourth-order valence-corrected chi connectivity index (χ4v) is 5.12. The highest BCUT2D eigenvalue weighted by molar-refractivity contribution is 8.06. The van der Waals surface area contributed by atoms with Crippen molar-refractivity contribution in [2.45, 2.75) is 57.1 Å². The van der Waals surface area contributed by atoms with Gasteiger partial charge < -0.3 is 9.84 Å². The molecule has 1 saturated heterocycles. The van der Waals surface area contributed by atoms with E-state index >= 15 is 0 Å². The predicted molar refractivity (Wildman–Crippen MR) is 92.0 cm³/mol. The Morgan fingerprint density at radius 1 is 1.33 bits per heavy atom. The summed E-state index contributed by atoms with van der Waals surface area (Å²) in [5, 5.41) is 8.75. The normalized spacial score (nSPS) is 24.4. The Balaban J connectivity index is 1.98. The third kappa shape index (κ3) is 4.89. The number of nitrogens with zero attached hydrogens (tertiary/aromatic N) is 2. The average Bonchev–Trinajstić information content (AvgIpc) is 2.92. The van der Waals surface area contributed by atoms with E-state index in [4.69, 9.17) is 4.52 Å². The largest absolute Gasteiger partial charge is 0.339 e. The summed E-state index contributed by atoms with van der Waals surface area (Å²) in [5.41, 5.74) is 0. The van der Waals surface area contributed by atoms with Gasteiger partial charge in [-0.2, -0.15) is 16.7 Å². The van der Waals surface area contributed by atoms with Crippen molar-refractivity contribution in [2.24, 2.45) is 5.92 Å². The number of rotatable bonds is 7. The van der Waals surface area contributed by atoms with Gasteiger partial charge in [0.2, 0.25) is 5.89 Å². The van der Waals surface area contributed by atoms with Crippen LogP contribution in [0.5, 0.6) is 0 Å². The molecular weight excluding hydrogens is 302 g/mol. The van der Waals surface area contributed by atoms with Gasteiger partial charge in [-0.1, -0.05) is 32.9 Å². The Hall–Kier alpha value is -0.200. The van der Waals surface area contributed by atoms with Gasteiger partial charge in [0.1, 0.15) is 0 Å². The molecule has 1 aliphatic rings. The molecular formula is C15H27N3OS2. The van der Waals surface area contributed by atoms with Crippen molar-refractivity contribution in [3.05, 3.63) is 11.7 Å². The van der Waals surface area contributed by atoms with E-state index in [0.29, 0.717) is 22.5 Å². The molecule has 0 spiro atoms. The second-order valence-corrected chi connectivity index (χ2v) is 8.66. The molecule has 0 aromatic carbocycles. The minimum Gasteiger partial charge on any atom is -0.339 e. The molecule has 1 aliphatic heterocycles. The van der Waals surface area contributed by atoms with Crippen molar-refractivity contribution >= 4 is 23.5 Å². The van der Waals surface area contributed by atoms with Gasteiger partial charge in [0, 0.05) is 29.2 Å². The maximum atomic E-state index is 5.50. The van der Waals surface area contributed by atoms with E-state index in [0.717, 1.165) is 31.1 Å².